The summed E-state index contributed by atoms with van der Waals surface area (Å²) in [7, 11) is 0. The molecule has 0 radical (unpaired) electrons. The highest BCUT2D eigenvalue weighted by atomic mass is 32.1. The van der Waals surface area contributed by atoms with Gasteiger partial charge in [0.1, 0.15) is 0 Å². The van der Waals surface area contributed by atoms with E-state index < -0.39 is 0 Å². The molecule has 0 unspecified atom stereocenters. The highest BCUT2D eigenvalue weighted by Gasteiger charge is 2.11. The number of thiophene rings is 1. The lowest BCUT2D eigenvalue weighted by Gasteiger charge is -2.12. The van der Waals surface area contributed by atoms with Crippen molar-refractivity contribution < 1.29 is 14.3 Å². The van der Waals surface area contributed by atoms with Crippen molar-refractivity contribution in [1.82, 2.24) is 5.32 Å². The van der Waals surface area contributed by atoms with E-state index in [1.165, 1.54) is 4.88 Å². The van der Waals surface area contributed by atoms with E-state index in [9.17, 15) is 9.59 Å². The molecule has 0 fully saturated rings. The van der Waals surface area contributed by atoms with Gasteiger partial charge in [0, 0.05) is 23.8 Å². The van der Waals surface area contributed by atoms with Crippen molar-refractivity contribution in [2.24, 2.45) is 0 Å². The number of ether oxygens (including phenoxy) is 1. The average molecular weight is 269 g/mol. The van der Waals surface area contributed by atoms with Crippen LogP contribution in [0.1, 0.15) is 31.6 Å². The van der Waals surface area contributed by atoms with E-state index in [1.54, 1.807) is 18.3 Å². The van der Waals surface area contributed by atoms with Gasteiger partial charge in [-0.1, -0.05) is 6.07 Å². The smallest absolute Gasteiger partial charge is 0.306 e. The zero-order valence-corrected chi connectivity index (χ0v) is 11.6. The molecule has 1 rings (SSSR count). The van der Waals surface area contributed by atoms with Crippen LogP contribution in [0.25, 0.3) is 0 Å². The van der Waals surface area contributed by atoms with Gasteiger partial charge in [0.05, 0.1) is 13.0 Å². The lowest BCUT2D eigenvalue weighted by molar-refractivity contribution is -0.144. The van der Waals surface area contributed by atoms with Crippen LogP contribution in [0.5, 0.6) is 0 Å². The molecule has 1 heterocycles. The first kappa shape index (κ1) is 14.7. The number of hydrogen-bond acceptors (Lipinski definition) is 4. The first-order valence-corrected chi connectivity index (χ1v) is 6.97. The first-order valence-electron chi connectivity index (χ1n) is 6.09. The summed E-state index contributed by atoms with van der Waals surface area (Å²) in [5.41, 5.74) is 0. The third-order valence-electron chi connectivity index (χ3n) is 2.36. The number of esters is 1. The van der Waals surface area contributed by atoms with Gasteiger partial charge in [-0.2, -0.15) is 0 Å². The zero-order chi connectivity index (χ0) is 13.4. The van der Waals surface area contributed by atoms with Gasteiger partial charge >= 0.3 is 5.97 Å². The Morgan fingerprint density at radius 1 is 1.44 bits per heavy atom. The molecule has 100 valence electrons. The molecule has 0 saturated heterocycles. The van der Waals surface area contributed by atoms with Crippen LogP contribution < -0.4 is 5.32 Å². The third kappa shape index (κ3) is 5.82. The summed E-state index contributed by atoms with van der Waals surface area (Å²) >= 11 is 1.68. The molecular formula is C13H19NO3S. The number of carbonyl (C=O) groups excluding carboxylic acids is 2. The quantitative estimate of drug-likeness (QED) is 0.772. The number of amides is 1. The maximum absolute atomic E-state index is 11.6. The maximum atomic E-state index is 11.6. The normalized spacial score (nSPS) is 11.9. The molecule has 0 aliphatic heterocycles. The van der Waals surface area contributed by atoms with Crippen LogP contribution in [0.15, 0.2) is 17.5 Å². The number of rotatable bonds is 7. The third-order valence-corrected chi connectivity index (χ3v) is 3.26. The minimum atomic E-state index is -0.321. The molecule has 1 N–H and O–H groups in total. The van der Waals surface area contributed by atoms with Crippen LogP contribution >= 0.6 is 11.3 Å². The van der Waals surface area contributed by atoms with E-state index in [1.807, 2.05) is 24.4 Å². The zero-order valence-electron chi connectivity index (χ0n) is 10.8. The number of nitrogens with one attached hydrogen (secondary N) is 1. The lowest BCUT2D eigenvalue weighted by Crippen LogP contribution is -2.34. The van der Waals surface area contributed by atoms with E-state index in [2.05, 4.69) is 5.32 Å². The van der Waals surface area contributed by atoms with Crippen LogP contribution in [0.2, 0.25) is 0 Å². The van der Waals surface area contributed by atoms with Crippen LogP contribution in [0, 0.1) is 0 Å². The fourth-order valence-electron chi connectivity index (χ4n) is 1.58. The van der Waals surface area contributed by atoms with Gasteiger partial charge in [0.15, 0.2) is 0 Å². The Labute approximate surface area is 111 Å². The van der Waals surface area contributed by atoms with E-state index in [4.69, 9.17) is 4.74 Å². The van der Waals surface area contributed by atoms with Crippen molar-refractivity contribution >= 4 is 23.2 Å². The fourth-order valence-corrected chi connectivity index (χ4v) is 2.41. The van der Waals surface area contributed by atoms with Crippen molar-refractivity contribution in [1.29, 1.82) is 0 Å². The molecule has 18 heavy (non-hydrogen) atoms. The topological polar surface area (TPSA) is 55.4 Å². The van der Waals surface area contributed by atoms with Gasteiger partial charge in [-0.15, -0.1) is 11.3 Å². The molecule has 0 saturated carbocycles. The van der Waals surface area contributed by atoms with E-state index in [0.29, 0.717) is 6.61 Å². The van der Waals surface area contributed by atoms with Crippen molar-refractivity contribution in [3.05, 3.63) is 22.4 Å². The second kappa shape index (κ2) is 7.87. The summed E-state index contributed by atoms with van der Waals surface area (Å²) in [6, 6.07) is 4.12. The molecule has 1 atom stereocenters. The summed E-state index contributed by atoms with van der Waals surface area (Å²) < 4.78 is 4.77. The molecule has 4 nitrogen and oxygen atoms in total. The molecule has 0 aliphatic rings. The number of carbonyl (C=O) groups is 2. The van der Waals surface area contributed by atoms with Gasteiger partial charge in [0.2, 0.25) is 5.91 Å². The van der Waals surface area contributed by atoms with E-state index in [0.717, 1.165) is 6.42 Å². The Hall–Kier alpha value is -1.36. The second-order valence-electron chi connectivity index (χ2n) is 4.06. The summed E-state index contributed by atoms with van der Waals surface area (Å²) in [6.45, 7) is 4.07. The Morgan fingerprint density at radius 2 is 2.22 bits per heavy atom. The van der Waals surface area contributed by atoms with Crippen LogP contribution in [-0.4, -0.2) is 24.5 Å². The lowest BCUT2D eigenvalue weighted by atomic mass is 10.2. The second-order valence-corrected chi connectivity index (χ2v) is 5.09. The van der Waals surface area contributed by atoms with Gasteiger partial charge in [-0.05, 0) is 25.3 Å². The Bertz CT molecular complexity index is 376. The standard InChI is InChI=1S/C13H19NO3S/c1-3-17-13(16)7-6-12(15)14-10(2)9-11-5-4-8-18-11/h4-5,8,10H,3,6-7,9H2,1-2H3,(H,14,15)/t10-/m0/s1. The summed E-state index contributed by atoms with van der Waals surface area (Å²) in [5.74, 6) is -0.425. The molecule has 1 aromatic heterocycles. The molecule has 1 aromatic rings. The van der Waals surface area contributed by atoms with Gasteiger partial charge in [0.25, 0.3) is 0 Å². The SMILES string of the molecule is CCOC(=O)CCC(=O)N[C@@H](C)Cc1cccs1. The van der Waals surface area contributed by atoms with Crippen LogP contribution in [0.4, 0.5) is 0 Å². The molecular weight excluding hydrogens is 250 g/mol. The van der Waals surface area contributed by atoms with Crippen molar-refractivity contribution in [3.8, 4) is 0 Å². The summed E-state index contributed by atoms with van der Waals surface area (Å²) in [6.07, 6.45) is 1.15. The highest BCUT2D eigenvalue weighted by molar-refractivity contribution is 7.09. The van der Waals surface area contributed by atoms with Gasteiger partial charge in [-0.25, -0.2) is 0 Å². The van der Waals surface area contributed by atoms with Gasteiger partial charge < -0.3 is 10.1 Å². The van der Waals surface area contributed by atoms with Crippen LogP contribution in [0.3, 0.4) is 0 Å². The molecule has 0 bridgehead atoms. The van der Waals surface area contributed by atoms with Gasteiger partial charge in [-0.3, -0.25) is 9.59 Å². The average Bonchev–Trinajstić information content (AvgIpc) is 2.79. The first-order chi connectivity index (χ1) is 8.61. The summed E-state index contributed by atoms with van der Waals surface area (Å²) in [4.78, 5) is 23.9. The highest BCUT2D eigenvalue weighted by Crippen LogP contribution is 2.11. The van der Waals surface area contributed by atoms with Crippen molar-refractivity contribution in [2.75, 3.05) is 6.61 Å². The molecule has 0 spiro atoms. The largest absolute Gasteiger partial charge is 0.466 e. The maximum Gasteiger partial charge on any atom is 0.306 e. The molecule has 0 aromatic carbocycles. The van der Waals surface area contributed by atoms with Crippen molar-refractivity contribution in [2.45, 2.75) is 39.2 Å². The minimum absolute atomic E-state index is 0.0818. The molecule has 0 aliphatic carbocycles. The van der Waals surface area contributed by atoms with E-state index in [-0.39, 0.29) is 30.8 Å². The Balaban J connectivity index is 2.21. The Morgan fingerprint density at radius 3 is 2.83 bits per heavy atom. The fraction of sp³-hybridized carbons (Fsp3) is 0.538. The Kier molecular flexibility index (Phi) is 6.43. The van der Waals surface area contributed by atoms with Crippen molar-refractivity contribution in [3.63, 3.8) is 0 Å². The van der Waals surface area contributed by atoms with E-state index >= 15 is 0 Å². The molecule has 5 heteroatoms. The van der Waals surface area contributed by atoms with Crippen LogP contribution in [-0.2, 0) is 20.7 Å². The minimum Gasteiger partial charge on any atom is -0.466 e. The monoisotopic (exact) mass is 269 g/mol. The molecule has 1 amide bonds. The predicted octanol–water partition coefficient (Wildman–Crippen LogP) is 2.14. The number of hydrogen-bond donors (Lipinski definition) is 1. The summed E-state index contributed by atoms with van der Waals surface area (Å²) in [5, 5.41) is 4.89. The predicted molar refractivity (Wildman–Crippen MR) is 71.5 cm³/mol.